The molecule has 0 aliphatic carbocycles. The van der Waals surface area contributed by atoms with E-state index in [-0.39, 0.29) is 0 Å². The van der Waals surface area contributed by atoms with Crippen LogP contribution in [-0.2, 0) is 0 Å². The number of ether oxygens (including phenoxy) is 2. The number of hydrogen-bond donors (Lipinski definition) is 1. The molecule has 2 aromatic carbocycles. The summed E-state index contributed by atoms with van der Waals surface area (Å²) < 4.78 is 13.3. The zero-order valence-electron chi connectivity index (χ0n) is 16.7. The van der Waals surface area contributed by atoms with Crippen molar-refractivity contribution in [3.63, 3.8) is 0 Å². The number of imidazole rings is 1. The molecule has 0 fully saturated rings. The lowest BCUT2D eigenvalue weighted by Crippen LogP contribution is -2.15. The summed E-state index contributed by atoms with van der Waals surface area (Å²) in [5.41, 5.74) is 4.68. The van der Waals surface area contributed by atoms with Gasteiger partial charge in [-0.25, -0.2) is 4.98 Å². The zero-order chi connectivity index (χ0) is 20.7. The summed E-state index contributed by atoms with van der Waals surface area (Å²) in [5, 5.41) is 4.14. The first-order valence-corrected chi connectivity index (χ1v) is 10.1. The van der Waals surface area contributed by atoms with E-state index in [2.05, 4.69) is 34.5 Å². The van der Waals surface area contributed by atoms with E-state index < -0.39 is 0 Å². The molecule has 0 amide bonds. The molecule has 0 bridgehead atoms. The smallest absolute Gasteiger partial charge is 0.163 e. The van der Waals surface area contributed by atoms with Crippen molar-refractivity contribution in [2.75, 3.05) is 37.5 Å². The van der Waals surface area contributed by atoms with Crippen LogP contribution in [0.5, 0.6) is 11.5 Å². The molecule has 6 nitrogen and oxygen atoms in total. The Morgan fingerprint density at radius 2 is 1.73 bits per heavy atom. The van der Waals surface area contributed by atoms with E-state index in [1.807, 2.05) is 55.0 Å². The Kier molecular flexibility index (Phi) is 4.64. The van der Waals surface area contributed by atoms with Crippen LogP contribution in [0, 0.1) is 0 Å². The molecule has 0 unspecified atom stereocenters. The van der Waals surface area contributed by atoms with Crippen LogP contribution >= 0.6 is 11.6 Å². The van der Waals surface area contributed by atoms with E-state index in [4.69, 9.17) is 26.1 Å². The first-order valence-electron chi connectivity index (χ1n) is 9.70. The highest BCUT2D eigenvalue weighted by Crippen LogP contribution is 2.36. The summed E-state index contributed by atoms with van der Waals surface area (Å²) in [6.07, 6.45) is 1.86. The van der Waals surface area contributed by atoms with Gasteiger partial charge in [0.2, 0.25) is 0 Å². The quantitative estimate of drug-likeness (QED) is 0.489. The minimum atomic E-state index is 0.547. The number of anilines is 3. The monoisotopic (exact) mass is 420 g/mol. The Morgan fingerprint density at radius 1 is 0.967 bits per heavy atom. The number of halogens is 1. The van der Waals surface area contributed by atoms with Crippen molar-refractivity contribution < 1.29 is 9.47 Å². The van der Waals surface area contributed by atoms with Crippen LogP contribution in [0.2, 0.25) is 5.02 Å². The molecule has 30 heavy (non-hydrogen) atoms. The molecule has 1 aliphatic rings. The van der Waals surface area contributed by atoms with Gasteiger partial charge >= 0.3 is 0 Å². The molecule has 0 saturated heterocycles. The van der Waals surface area contributed by atoms with Crippen molar-refractivity contribution in [2.24, 2.45) is 0 Å². The maximum absolute atomic E-state index is 6.28. The molecular weight excluding hydrogens is 400 g/mol. The summed E-state index contributed by atoms with van der Waals surface area (Å²) in [5.74, 6) is 2.32. The lowest BCUT2D eigenvalue weighted by molar-refractivity contribution is 0.171. The Labute approximate surface area is 179 Å². The first kappa shape index (κ1) is 18.6. The molecule has 0 saturated carbocycles. The lowest BCUT2D eigenvalue weighted by Gasteiger charge is -2.19. The summed E-state index contributed by atoms with van der Waals surface area (Å²) >= 11 is 6.28. The summed E-state index contributed by atoms with van der Waals surface area (Å²) in [7, 11) is 4.05. The minimum absolute atomic E-state index is 0.547. The molecule has 1 N–H and O–H groups in total. The van der Waals surface area contributed by atoms with Gasteiger partial charge in [-0.1, -0.05) is 23.7 Å². The number of fused-ring (bicyclic) bond motifs is 2. The van der Waals surface area contributed by atoms with Crippen molar-refractivity contribution in [1.29, 1.82) is 0 Å². The van der Waals surface area contributed by atoms with Crippen LogP contribution in [0.4, 0.5) is 17.2 Å². The molecule has 1 aliphatic heterocycles. The van der Waals surface area contributed by atoms with E-state index in [1.165, 1.54) is 0 Å². The third-order valence-corrected chi connectivity index (χ3v) is 5.27. The number of pyridine rings is 1. The fraction of sp³-hybridized carbons (Fsp3) is 0.174. The van der Waals surface area contributed by atoms with Crippen LogP contribution < -0.4 is 19.7 Å². The van der Waals surface area contributed by atoms with Gasteiger partial charge in [0.25, 0.3) is 0 Å². The SMILES string of the molecule is CN(C)c1ccc(-c2nc3ccc(Cl)cn3c2Nc2ccc3c(c2)OCCO3)cc1. The van der Waals surface area contributed by atoms with E-state index in [1.54, 1.807) is 0 Å². The van der Waals surface area contributed by atoms with E-state index in [9.17, 15) is 0 Å². The van der Waals surface area contributed by atoms with Crippen LogP contribution in [-0.4, -0.2) is 36.7 Å². The van der Waals surface area contributed by atoms with Crippen LogP contribution in [0.25, 0.3) is 16.9 Å². The number of benzene rings is 2. The van der Waals surface area contributed by atoms with Crippen LogP contribution in [0.1, 0.15) is 0 Å². The zero-order valence-corrected chi connectivity index (χ0v) is 17.5. The number of rotatable bonds is 4. The van der Waals surface area contributed by atoms with Gasteiger partial charge in [-0.05, 0) is 36.4 Å². The summed E-state index contributed by atoms with van der Waals surface area (Å²) in [6.45, 7) is 1.11. The predicted octanol–water partition coefficient (Wildman–Crippen LogP) is 5.24. The van der Waals surface area contributed by atoms with E-state index in [0.29, 0.717) is 18.2 Å². The predicted molar refractivity (Wildman–Crippen MR) is 121 cm³/mol. The molecule has 2 aromatic heterocycles. The number of hydrogen-bond acceptors (Lipinski definition) is 5. The number of nitrogens with one attached hydrogen (secondary N) is 1. The van der Waals surface area contributed by atoms with Gasteiger partial charge in [0.15, 0.2) is 11.5 Å². The second-order valence-corrected chi connectivity index (χ2v) is 7.75. The maximum atomic E-state index is 6.28. The van der Waals surface area contributed by atoms with E-state index in [0.717, 1.165) is 45.6 Å². The van der Waals surface area contributed by atoms with Crippen molar-refractivity contribution >= 4 is 34.4 Å². The highest BCUT2D eigenvalue weighted by atomic mass is 35.5. The average molecular weight is 421 g/mol. The van der Waals surface area contributed by atoms with Gasteiger partial charge < -0.3 is 19.7 Å². The summed E-state index contributed by atoms with van der Waals surface area (Å²) in [4.78, 5) is 6.93. The Bertz CT molecular complexity index is 1220. The Morgan fingerprint density at radius 3 is 2.50 bits per heavy atom. The average Bonchev–Trinajstić information content (AvgIpc) is 3.11. The lowest BCUT2D eigenvalue weighted by atomic mass is 10.1. The molecule has 0 spiro atoms. The standard InChI is InChI=1S/C23H21ClN4O2/c1-27(2)18-7-3-15(4-8-18)22-23(28-14-16(24)5-10-21(28)26-22)25-17-6-9-19-20(13-17)30-12-11-29-19/h3-10,13-14,25H,11-12H2,1-2H3. The second-order valence-electron chi connectivity index (χ2n) is 7.31. The topological polar surface area (TPSA) is 51.0 Å². The fourth-order valence-corrected chi connectivity index (χ4v) is 3.68. The van der Waals surface area contributed by atoms with Crippen LogP contribution in [0.3, 0.4) is 0 Å². The Hall–Kier alpha value is -3.38. The number of nitrogens with zero attached hydrogens (tertiary/aromatic N) is 3. The van der Waals surface area contributed by atoms with E-state index >= 15 is 0 Å². The van der Waals surface area contributed by atoms with Gasteiger partial charge in [0, 0.05) is 43.3 Å². The third-order valence-electron chi connectivity index (χ3n) is 5.04. The molecule has 5 rings (SSSR count). The third kappa shape index (κ3) is 3.39. The second kappa shape index (κ2) is 7.46. The molecule has 0 radical (unpaired) electrons. The summed E-state index contributed by atoms with van der Waals surface area (Å²) in [6, 6.07) is 17.9. The van der Waals surface area contributed by atoms with Gasteiger partial charge in [-0.2, -0.15) is 0 Å². The highest BCUT2D eigenvalue weighted by molar-refractivity contribution is 6.30. The minimum Gasteiger partial charge on any atom is -0.486 e. The molecule has 4 aromatic rings. The Balaban J connectivity index is 1.60. The van der Waals surface area contributed by atoms with Gasteiger partial charge in [-0.15, -0.1) is 0 Å². The van der Waals surface area contributed by atoms with Gasteiger partial charge in [-0.3, -0.25) is 4.40 Å². The largest absolute Gasteiger partial charge is 0.486 e. The van der Waals surface area contributed by atoms with Crippen molar-refractivity contribution in [3.05, 3.63) is 65.8 Å². The van der Waals surface area contributed by atoms with Crippen molar-refractivity contribution in [3.8, 4) is 22.8 Å². The maximum Gasteiger partial charge on any atom is 0.163 e. The molecule has 3 heterocycles. The van der Waals surface area contributed by atoms with Crippen molar-refractivity contribution in [2.45, 2.75) is 0 Å². The molecule has 152 valence electrons. The molecular formula is C23H21ClN4O2. The fourth-order valence-electron chi connectivity index (χ4n) is 3.51. The van der Waals surface area contributed by atoms with Gasteiger partial charge in [0.05, 0.1) is 5.02 Å². The van der Waals surface area contributed by atoms with Crippen LogP contribution in [0.15, 0.2) is 60.8 Å². The molecule has 7 heteroatoms. The molecule has 0 atom stereocenters. The number of aromatic nitrogens is 2. The van der Waals surface area contributed by atoms with Crippen molar-refractivity contribution in [1.82, 2.24) is 9.38 Å². The highest BCUT2D eigenvalue weighted by Gasteiger charge is 2.17. The normalized spacial score (nSPS) is 12.8. The van der Waals surface area contributed by atoms with Gasteiger partial charge in [0.1, 0.15) is 30.4 Å². The first-order chi connectivity index (χ1) is 14.6.